The predicted molar refractivity (Wildman–Crippen MR) is 49.2 cm³/mol. The Bertz CT molecular complexity index is 405. The van der Waals surface area contributed by atoms with Gasteiger partial charge in [0, 0.05) is 0 Å². The molecule has 0 bridgehead atoms. The lowest BCUT2D eigenvalue weighted by Crippen LogP contribution is -2.72. The minimum Gasteiger partial charge on any atom is -0.479 e. The number of hydrogen-bond donors (Lipinski definition) is 1. The van der Waals surface area contributed by atoms with E-state index in [0.717, 1.165) is 0 Å². The van der Waals surface area contributed by atoms with Gasteiger partial charge in [0.2, 0.25) is 5.67 Å². The van der Waals surface area contributed by atoms with Crippen molar-refractivity contribution in [2.75, 3.05) is 0 Å². The zero-order chi connectivity index (χ0) is 14.6. The summed E-state index contributed by atoms with van der Waals surface area (Å²) >= 11 is 0. The highest BCUT2D eigenvalue weighted by Gasteiger charge is 2.81. The lowest BCUT2D eigenvalue weighted by molar-refractivity contribution is -0.296. The van der Waals surface area contributed by atoms with Gasteiger partial charge >= 0.3 is 17.8 Å². The molecule has 0 saturated carbocycles. The van der Waals surface area contributed by atoms with Crippen LogP contribution in [0.25, 0.3) is 0 Å². The van der Waals surface area contributed by atoms with E-state index in [-0.39, 0.29) is 6.08 Å². The summed E-state index contributed by atoms with van der Waals surface area (Å²) in [6, 6.07) is 0. The van der Waals surface area contributed by atoms with Gasteiger partial charge in [0.25, 0.3) is 5.67 Å². The Morgan fingerprint density at radius 3 is 1.83 bits per heavy atom. The van der Waals surface area contributed by atoms with Crippen LogP contribution in [0, 0.1) is 5.92 Å². The zero-order valence-electron chi connectivity index (χ0n) is 9.36. The standard InChI is InChI=1S/C10H10F6O2/c1-5(2)9(14)7(11,6(17)18)3-4-8(12,13)10(9,15)16/h3-5H,1-2H3,(H,17,18). The second-order valence-electron chi connectivity index (χ2n) is 4.41. The molecule has 0 spiro atoms. The van der Waals surface area contributed by atoms with Gasteiger partial charge in [-0.2, -0.15) is 17.6 Å². The van der Waals surface area contributed by atoms with Gasteiger partial charge in [-0.1, -0.05) is 13.8 Å². The number of allylic oxidation sites excluding steroid dienone is 1. The number of carbonyl (C=O) groups is 1. The summed E-state index contributed by atoms with van der Waals surface area (Å²) in [5.74, 6) is -15.0. The van der Waals surface area contributed by atoms with Crippen molar-refractivity contribution < 1.29 is 36.2 Å². The van der Waals surface area contributed by atoms with Crippen LogP contribution in [-0.2, 0) is 4.79 Å². The fourth-order valence-corrected chi connectivity index (χ4v) is 1.93. The third-order valence-electron chi connectivity index (χ3n) is 3.03. The minimum absolute atomic E-state index is 0.354. The molecule has 0 aromatic rings. The van der Waals surface area contributed by atoms with Gasteiger partial charge in [0.1, 0.15) is 0 Å². The van der Waals surface area contributed by atoms with Crippen molar-refractivity contribution in [1.29, 1.82) is 0 Å². The van der Waals surface area contributed by atoms with Gasteiger partial charge in [-0.15, -0.1) is 0 Å². The van der Waals surface area contributed by atoms with Crippen LogP contribution in [0.3, 0.4) is 0 Å². The Hall–Kier alpha value is -1.21. The molecule has 1 N–H and O–H groups in total. The summed E-state index contributed by atoms with van der Waals surface area (Å²) in [6.45, 7) is 1.42. The molecule has 0 heterocycles. The van der Waals surface area contributed by atoms with Crippen LogP contribution in [0.5, 0.6) is 0 Å². The van der Waals surface area contributed by atoms with Gasteiger partial charge in [0.05, 0.1) is 0 Å². The molecule has 1 rings (SSSR count). The Labute approximate surface area is 98.3 Å². The van der Waals surface area contributed by atoms with E-state index < -0.39 is 41.1 Å². The summed E-state index contributed by atoms with van der Waals surface area (Å²) in [5.41, 5.74) is -8.77. The zero-order valence-corrected chi connectivity index (χ0v) is 9.36. The van der Waals surface area contributed by atoms with E-state index in [1.807, 2.05) is 0 Å². The lowest BCUT2D eigenvalue weighted by Gasteiger charge is -2.47. The normalized spacial score (nSPS) is 37.8. The second-order valence-corrected chi connectivity index (χ2v) is 4.41. The van der Waals surface area contributed by atoms with Crippen molar-refractivity contribution in [2.45, 2.75) is 37.0 Å². The summed E-state index contributed by atoms with van der Waals surface area (Å²) in [7, 11) is 0. The van der Waals surface area contributed by atoms with E-state index >= 15 is 0 Å². The highest BCUT2D eigenvalue weighted by molar-refractivity contribution is 5.83. The summed E-state index contributed by atoms with van der Waals surface area (Å²) in [6.07, 6.45) is -0.964. The smallest absolute Gasteiger partial charge is 0.351 e. The minimum atomic E-state index is -5.48. The largest absolute Gasteiger partial charge is 0.479 e. The third-order valence-corrected chi connectivity index (χ3v) is 3.03. The van der Waals surface area contributed by atoms with Crippen molar-refractivity contribution in [3.05, 3.63) is 12.2 Å². The Morgan fingerprint density at radius 1 is 1.06 bits per heavy atom. The quantitative estimate of drug-likeness (QED) is 0.622. The van der Waals surface area contributed by atoms with Crippen LogP contribution >= 0.6 is 0 Å². The first-order valence-corrected chi connectivity index (χ1v) is 4.92. The number of halogens is 6. The van der Waals surface area contributed by atoms with Crippen LogP contribution in [0.1, 0.15) is 13.8 Å². The molecule has 0 saturated heterocycles. The fraction of sp³-hybridized carbons (Fsp3) is 0.700. The number of alkyl halides is 6. The first-order valence-electron chi connectivity index (χ1n) is 4.92. The number of hydrogen-bond acceptors (Lipinski definition) is 1. The van der Waals surface area contributed by atoms with Gasteiger partial charge in [-0.25, -0.2) is 13.6 Å². The fourth-order valence-electron chi connectivity index (χ4n) is 1.93. The summed E-state index contributed by atoms with van der Waals surface area (Å²) in [5, 5.41) is 8.54. The molecule has 0 amide bonds. The van der Waals surface area contributed by atoms with Crippen LogP contribution in [0.2, 0.25) is 0 Å². The monoisotopic (exact) mass is 276 g/mol. The molecule has 2 unspecified atom stereocenters. The summed E-state index contributed by atoms with van der Waals surface area (Å²) in [4.78, 5) is 10.7. The average molecular weight is 276 g/mol. The molecule has 1 aliphatic rings. The molecule has 8 heteroatoms. The van der Waals surface area contributed by atoms with Crippen LogP contribution < -0.4 is 0 Å². The molecule has 18 heavy (non-hydrogen) atoms. The van der Waals surface area contributed by atoms with Crippen molar-refractivity contribution in [2.24, 2.45) is 5.92 Å². The third kappa shape index (κ3) is 1.40. The number of rotatable bonds is 2. The average Bonchev–Trinajstić information content (AvgIpc) is 2.21. The molecule has 2 nitrogen and oxygen atoms in total. The van der Waals surface area contributed by atoms with Gasteiger partial charge in [0.15, 0.2) is 0 Å². The van der Waals surface area contributed by atoms with E-state index in [0.29, 0.717) is 13.8 Å². The molecular weight excluding hydrogens is 266 g/mol. The number of aliphatic carboxylic acids is 1. The first kappa shape index (κ1) is 14.8. The van der Waals surface area contributed by atoms with Crippen molar-refractivity contribution in [3.63, 3.8) is 0 Å². The molecule has 0 fully saturated rings. The SMILES string of the molecule is CC(C)C1(F)C(F)(C(=O)O)C=CC(F)(F)C1(F)F. The number of carboxylic acids is 1. The van der Waals surface area contributed by atoms with Crippen LogP contribution in [0.4, 0.5) is 26.3 Å². The van der Waals surface area contributed by atoms with Gasteiger partial charge in [-0.3, -0.25) is 0 Å². The highest BCUT2D eigenvalue weighted by atomic mass is 19.3. The van der Waals surface area contributed by atoms with E-state index in [1.165, 1.54) is 0 Å². The molecular formula is C10H10F6O2. The Morgan fingerprint density at radius 2 is 1.50 bits per heavy atom. The van der Waals surface area contributed by atoms with E-state index in [2.05, 4.69) is 0 Å². The Kier molecular flexibility index (Phi) is 3.01. The highest BCUT2D eigenvalue weighted by Crippen LogP contribution is 2.58. The molecule has 104 valence electrons. The molecule has 0 radical (unpaired) electrons. The first-order chi connectivity index (χ1) is 7.84. The van der Waals surface area contributed by atoms with Gasteiger partial charge in [-0.05, 0) is 18.1 Å². The Balaban J connectivity index is 3.65. The van der Waals surface area contributed by atoms with Crippen molar-refractivity contribution in [1.82, 2.24) is 0 Å². The molecule has 0 aliphatic heterocycles. The maximum atomic E-state index is 14.2. The van der Waals surface area contributed by atoms with Crippen molar-refractivity contribution >= 4 is 5.97 Å². The van der Waals surface area contributed by atoms with E-state index in [9.17, 15) is 31.1 Å². The summed E-state index contributed by atoms with van der Waals surface area (Å²) < 4.78 is 81.1. The van der Waals surface area contributed by atoms with Crippen molar-refractivity contribution in [3.8, 4) is 0 Å². The molecule has 0 aromatic heterocycles. The second kappa shape index (κ2) is 3.64. The topological polar surface area (TPSA) is 37.3 Å². The molecule has 0 aromatic carbocycles. The maximum absolute atomic E-state index is 14.2. The predicted octanol–water partition coefficient (Wildman–Crippen LogP) is 2.98. The van der Waals surface area contributed by atoms with Crippen LogP contribution in [-0.4, -0.2) is 34.3 Å². The van der Waals surface area contributed by atoms with Crippen LogP contribution in [0.15, 0.2) is 12.2 Å². The maximum Gasteiger partial charge on any atom is 0.351 e. The number of carboxylic acid groups (broad SMARTS) is 1. The van der Waals surface area contributed by atoms with E-state index in [1.54, 1.807) is 0 Å². The molecule has 1 aliphatic carbocycles. The molecule has 2 atom stereocenters. The lowest BCUT2D eigenvalue weighted by atomic mass is 9.68. The van der Waals surface area contributed by atoms with E-state index in [4.69, 9.17) is 5.11 Å². The van der Waals surface area contributed by atoms with Gasteiger partial charge < -0.3 is 5.11 Å².